The first-order valence-electron chi connectivity index (χ1n) is 40.3. The van der Waals surface area contributed by atoms with E-state index in [1.54, 1.807) is 0 Å². The Balaban J connectivity index is 0.724. The zero-order valence-electron chi connectivity index (χ0n) is 62.6. The van der Waals surface area contributed by atoms with Gasteiger partial charge < -0.3 is 9.13 Å². The van der Waals surface area contributed by atoms with E-state index >= 15 is 0 Å². The minimum atomic E-state index is 1.15. The monoisotopic (exact) mass is 1450 g/mol. The van der Waals surface area contributed by atoms with Gasteiger partial charge in [0.15, 0.2) is 0 Å². The highest BCUT2D eigenvalue weighted by molar-refractivity contribution is 6.49. The fraction of sp³-hybridized carbons (Fsp3) is 0.00885. The molecule has 0 atom stereocenters. The van der Waals surface area contributed by atoms with Crippen molar-refractivity contribution in [3.05, 3.63) is 376 Å². The number of fused-ring (bicyclic) bond motifs is 25. The molecule has 2 aromatic heterocycles. The molecule has 0 unspecified atom stereocenters. The molecule has 27 rings (SSSR count). The molecule has 2 heteroatoms. The summed E-state index contributed by atoms with van der Waals surface area (Å²) in [6.45, 7) is 2.28. The van der Waals surface area contributed by atoms with Crippen LogP contribution in [0.1, 0.15) is 5.56 Å². The van der Waals surface area contributed by atoms with Gasteiger partial charge in [-0.3, -0.25) is 0 Å². The summed E-state index contributed by atoms with van der Waals surface area (Å²) < 4.78 is 5.13. The topological polar surface area (TPSA) is 9.86 Å². The molecule has 0 fully saturated rings. The maximum atomic E-state index is 2.60. The van der Waals surface area contributed by atoms with Crippen LogP contribution in [0.3, 0.4) is 0 Å². The molecule has 2 heterocycles. The molecule has 115 heavy (non-hydrogen) atoms. The number of rotatable bonds is 7. The van der Waals surface area contributed by atoms with E-state index in [0.29, 0.717) is 0 Å². The second kappa shape index (κ2) is 22.6. The molecule has 0 bridgehead atoms. The average molecular weight is 1450 g/mol. The lowest BCUT2D eigenvalue weighted by Gasteiger charge is -2.19. The Morgan fingerprint density at radius 3 is 1.10 bits per heavy atom. The number of para-hydroxylation sites is 2. The van der Waals surface area contributed by atoms with Crippen LogP contribution in [0, 0.1) is 6.92 Å². The molecule has 2 nitrogen and oxygen atoms in total. The number of benzene rings is 21. The number of aryl methyl sites for hydroxylation is 1. The molecular formula is C113H64N2. The zero-order valence-corrected chi connectivity index (χ0v) is 62.6. The molecule has 0 aliphatic heterocycles. The number of nitrogens with zero attached hydrogens (tertiary/aromatic N) is 2. The maximum absolute atomic E-state index is 2.60. The Labute approximate surface area is 659 Å². The van der Waals surface area contributed by atoms with E-state index in [2.05, 4.69) is 386 Å². The van der Waals surface area contributed by atoms with Crippen molar-refractivity contribution in [2.45, 2.75) is 6.92 Å². The molecule has 0 N–H and O–H groups in total. The third-order valence-corrected chi connectivity index (χ3v) is 26.7. The fourth-order valence-electron chi connectivity index (χ4n) is 22.2. The van der Waals surface area contributed by atoms with Crippen LogP contribution in [0.2, 0.25) is 0 Å². The summed E-state index contributed by atoms with van der Waals surface area (Å²) >= 11 is 0. The quantitative estimate of drug-likeness (QED) is 0.141. The molecule has 526 valence electrons. The number of hydrogen-bond donors (Lipinski definition) is 0. The number of hydrogen-bond acceptors (Lipinski definition) is 0. The second-order valence-electron chi connectivity index (χ2n) is 32.3. The maximum Gasteiger partial charge on any atom is 0.0553 e. The van der Waals surface area contributed by atoms with Crippen molar-refractivity contribution in [3.8, 4) is 67.0 Å². The Morgan fingerprint density at radius 2 is 0.539 bits per heavy atom. The van der Waals surface area contributed by atoms with E-state index in [4.69, 9.17) is 0 Å². The highest BCUT2D eigenvalue weighted by Crippen LogP contribution is 2.60. The Kier molecular flexibility index (Phi) is 12.2. The summed E-state index contributed by atoms with van der Waals surface area (Å²) in [5.74, 6) is 0. The van der Waals surface area contributed by atoms with E-state index in [0.717, 1.165) is 5.69 Å². The summed E-state index contributed by atoms with van der Waals surface area (Å²) in [5.41, 5.74) is 20.7. The van der Waals surface area contributed by atoms with E-state index in [-0.39, 0.29) is 0 Å². The van der Waals surface area contributed by atoms with Crippen LogP contribution < -0.4 is 0 Å². The van der Waals surface area contributed by atoms with Crippen molar-refractivity contribution in [2.24, 2.45) is 0 Å². The Bertz CT molecular complexity index is 8930. The molecule has 0 aliphatic rings. The first kappa shape index (κ1) is 61.8. The normalized spacial score (nSPS) is 12.6. The van der Waals surface area contributed by atoms with Gasteiger partial charge >= 0.3 is 0 Å². The average Bonchev–Trinajstić information content (AvgIpc) is 1.52. The first-order chi connectivity index (χ1) is 57.0. The summed E-state index contributed by atoms with van der Waals surface area (Å²) in [6, 6.07) is 141. The molecule has 25 aromatic carbocycles. The van der Waals surface area contributed by atoms with Crippen LogP contribution in [-0.2, 0) is 0 Å². The van der Waals surface area contributed by atoms with Gasteiger partial charge in [0.05, 0.1) is 22.1 Å². The minimum Gasteiger partial charge on any atom is -0.309 e. The first-order valence-corrected chi connectivity index (χ1v) is 40.3. The predicted octanol–water partition coefficient (Wildman–Crippen LogP) is 31.6. The highest BCUT2D eigenvalue weighted by atomic mass is 15.0. The molecule has 0 amide bonds. The van der Waals surface area contributed by atoms with Crippen LogP contribution in [0.15, 0.2) is 370 Å². The van der Waals surface area contributed by atoms with E-state index < -0.39 is 0 Å². The molecule has 0 aliphatic carbocycles. The van der Waals surface area contributed by atoms with Gasteiger partial charge in [0.2, 0.25) is 0 Å². The lowest BCUT2D eigenvalue weighted by Crippen LogP contribution is -1.97. The molecule has 0 spiro atoms. The van der Waals surface area contributed by atoms with Crippen LogP contribution in [0.5, 0.6) is 0 Å². The van der Waals surface area contributed by atoms with Gasteiger partial charge in [0.25, 0.3) is 0 Å². The summed E-state index contributed by atoms with van der Waals surface area (Å²) in [4.78, 5) is 0. The van der Waals surface area contributed by atoms with Crippen molar-refractivity contribution in [2.75, 3.05) is 0 Å². The van der Waals surface area contributed by atoms with E-state index in [1.165, 1.54) is 272 Å². The molecule has 0 saturated heterocycles. The van der Waals surface area contributed by atoms with Crippen molar-refractivity contribution >= 4 is 205 Å². The third kappa shape index (κ3) is 8.07. The summed E-state index contributed by atoms with van der Waals surface area (Å²) in [5, 5.41) is 43.5. The standard InChI is InChI=1S/C113H64N2/c1-63-26-14-20-48-93(63)115-95-58-71(52-55-79(95)107-81-43-25-47-85-105(81)92(62-97(107)115)113-98(65-28-6-2-7-29-65)89-59-87-74-38-18-17-37-73(74)76-40-22-44-82(102(76)87)108(89)100(111(85)113)67-32-10-4-11-33-67)70-51-54-75-86(57-70)77-41-23-45-83-103(77)88(75)60-90-99(66-30-8-3-9-31-66)112-91-61-96-106(78-39-19-21-49-94(78)114(96)72-53-50-64-27-15-16-36-69(64)56-72)80-42-24-46-84(104(80)91)110(112)101(109(83)90)68-34-12-5-13-35-68/h2-62H,1H3. The lowest BCUT2D eigenvalue weighted by molar-refractivity contribution is 1.15. The van der Waals surface area contributed by atoms with Crippen LogP contribution in [0.25, 0.3) is 272 Å². The fourth-order valence-corrected chi connectivity index (χ4v) is 22.2. The van der Waals surface area contributed by atoms with Gasteiger partial charge in [-0.05, 0) is 290 Å². The van der Waals surface area contributed by atoms with Crippen molar-refractivity contribution in [1.82, 2.24) is 9.13 Å². The minimum absolute atomic E-state index is 1.15. The molecular weight excluding hydrogens is 1390 g/mol. The third-order valence-electron chi connectivity index (χ3n) is 26.7. The number of aromatic nitrogens is 2. The van der Waals surface area contributed by atoms with Gasteiger partial charge in [-0.25, -0.2) is 0 Å². The largest absolute Gasteiger partial charge is 0.309 e. The molecule has 0 radical (unpaired) electrons. The zero-order chi connectivity index (χ0) is 74.7. The Morgan fingerprint density at radius 1 is 0.157 bits per heavy atom. The van der Waals surface area contributed by atoms with Gasteiger partial charge in [-0.2, -0.15) is 0 Å². The van der Waals surface area contributed by atoms with Gasteiger partial charge in [-0.1, -0.05) is 309 Å². The molecule has 27 aromatic rings. The van der Waals surface area contributed by atoms with Crippen LogP contribution >= 0.6 is 0 Å². The van der Waals surface area contributed by atoms with E-state index in [1.807, 2.05) is 0 Å². The van der Waals surface area contributed by atoms with Crippen molar-refractivity contribution in [1.29, 1.82) is 0 Å². The van der Waals surface area contributed by atoms with E-state index in [9.17, 15) is 0 Å². The van der Waals surface area contributed by atoms with Crippen LogP contribution in [-0.4, -0.2) is 9.13 Å². The van der Waals surface area contributed by atoms with Gasteiger partial charge in [-0.15, -0.1) is 0 Å². The van der Waals surface area contributed by atoms with Crippen molar-refractivity contribution < 1.29 is 0 Å². The predicted molar refractivity (Wildman–Crippen MR) is 494 cm³/mol. The summed E-state index contributed by atoms with van der Waals surface area (Å²) in [6.07, 6.45) is 0. The smallest absolute Gasteiger partial charge is 0.0553 e. The van der Waals surface area contributed by atoms with Crippen molar-refractivity contribution in [3.63, 3.8) is 0 Å². The second-order valence-corrected chi connectivity index (χ2v) is 32.3. The van der Waals surface area contributed by atoms with Crippen LogP contribution in [0.4, 0.5) is 0 Å². The Hall–Kier alpha value is -15.0. The summed E-state index contributed by atoms with van der Waals surface area (Å²) in [7, 11) is 0. The van der Waals surface area contributed by atoms with Gasteiger partial charge in [0.1, 0.15) is 0 Å². The highest BCUT2D eigenvalue weighted by Gasteiger charge is 2.32. The SMILES string of the molecule is Cc1ccccc1-n1c2cc(-c3ccc4c(c3)c3cccc5c6c(-c7ccccc7)c7c8cccc9c8c(cc8c9c9ccccc9n8-c8ccc9ccccc9c8)c7c(-c7ccccc7)c6cc4c35)ccc2c2c3cccc4c5c(-c6ccccc6)c6c(cc7c8ccccc8c8cccc6c87)c(-c6ccccc6)c5c(cc21)c43. The van der Waals surface area contributed by atoms with Gasteiger partial charge in [0, 0.05) is 32.9 Å². The lowest BCUT2D eigenvalue weighted by atomic mass is 9.84. The molecule has 0 saturated carbocycles.